The Labute approximate surface area is 118 Å². The summed E-state index contributed by atoms with van der Waals surface area (Å²) in [6.07, 6.45) is 4.05. The Morgan fingerprint density at radius 3 is 2.37 bits per heavy atom. The fourth-order valence-electron chi connectivity index (χ4n) is 3.01. The Kier molecular flexibility index (Phi) is 5.41. The molecule has 1 aliphatic heterocycles. The molecule has 2 nitrogen and oxygen atoms in total. The molecule has 0 aromatic heterocycles. The quantitative estimate of drug-likeness (QED) is 0.788. The third kappa shape index (κ3) is 4.63. The molecule has 1 atom stereocenters. The van der Waals surface area contributed by atoms with Crippen LogP contribution in [0.2, 0.25) is 0 Å². The fourth-order valence-corrected chi connectivity index (χ4v) is 3.01. The average molecular weight is 260 g/mol. The van der Waals surface area contributed by atoms with E-state index in [-0.39, 0.29) is 0 Å². The van der Waals surface area contributed by atoms with E-state index in [1.807, 2.05) is 0 Å². The van der Waals surface area contributed by atoms with E-state index in [9.17, 15) is 0 Å². The fraction of sp³-hybridized carbons (Fsp3) is 0.647. The van der Waals surface area contributed by atoms with Crippen LogP contribution in [-0.2, 0) is 0 Å². The molecule has 2 rings (SSSR count). The molecule has 0 bridgehead atoms. The molecular formula is C17H28N2. The first kappa shape index (κ1) is 14.5. The van der Waals surface area contributed by atoms with E-state index in [0.717, 1.165) is 6.54 Å². The zero-order chi connectivity index (χ0) is 13.7. The summed E-state index contributed by atoms with van der Waals surface area (Å²) in [5.74, 6) is 0. The van der Waals surface area contributed by atoms with Crippen LogP contribution in [0.15, 0.2) is 18.2 Å². The average Bonchev–Trinajstić information content (AvgIpc) is 2.86. The van der Waals surface area contributed by atoms with Crippen LogP contribution in [0, 0.1) is 13.8 Å². The van der Waals surface area contributed by atoms with Crippen molar-refractivity contribution in [2.24, 2.45) is 0 Å². The summed E-state index contributed by atoms with van der Waals surface area (Å²) in [6, 6.07) is 7.29. The predicted molar refractivity (Wildman–Crippen MR) is 82.6 cm³/mol. The zero-order valence-corrected chi connectivity index (χ0v) is 12.7. The van der Waals surface area contributed by atoms with Crippen LogP contribution in [0.4, 0.5) is 0 Å². The van der Waals surface area contributed by atoms with Gasteiger partial charge in [-0.15, -0.1) is 0 Å². The van der Waals surface area contributed by atoms with Crippen molar-refractivity contribution in [1.82, 2.24) is 10.2 Å². The van der Waals surface area contributed by atoms with Gasteiger partial charge in [0.25, 0.3) is 0 Å². The molecule has 1 aliphatic rings. The minimum atomic E-state index is 0.456. The number of hydrogen-bond acceptors (Lipinski definition) is 2. The van der Waals surface area contributed by atoms with E-state index >= 15 is 0 Å². The molecule has 0 aliphatic carbocycles. The Morgan fingerprint density at radius 2 is 1.74 bits per heavy atom. The second-order valence-electron chi connectivity index (χ2n) is 6.00. The van der Waals surface area contributed by atoms with Gasteiger partial charge in [-0.1, -0.05) is 29.3 Å². The van der Waals surface area contributed by atoms with Crippen molar-refractivity contribution < 1.29 is 0 Å². The number of likely N-dealkylation sites (tertiary alicyclic amines) is 1. The molecule has 1 aromatic carbocycles. The molecule has 0 amide bonds. The molecule has 1 saturated heterocycles. The maximum absolute atomic E-state index is 3.65. The third-order valence-corrected chi connectivity index (χ3v) is 4.04. The molecule has 1 N–H and O–H groups in total. The van der Waals surface area contributed by atoms with Crippen LogP contribution in [0.1, 0.15) is 48.9 Å². The van der Waals surface area contributed by atoms with E-state index in [2.05, 4.69) is 49.2 Å². The first-order valence-electron chi connectivity index (χ1n) is 7.69. The second kappa shape index (κ2) is 7.06. The standard InChI is InChI=1S/C17H28N2/c1-14-11-15(2)13-17(12-14)16(3)18-7-6-10-19-8-4-5-9-19/h11-13,16,18H,4-10H2,1-3H3. The van der Waals surface area contributed by atoms with E-state index in [0.29, 0.717) is 6.04 Å². The third-order valence-electron chi connectivity index (χ3n) is 4.04. The van der Waals surface area contributed by atoms with Crippen molar-refractivity contribution in [3.05, 3.63) is 34.9 Å². The van der Waals surface area contributed by atoms with Crippen LogP contribution < -0.4 is 5.32 Å². The summed E-state index contributed by atoms with van der Waals surface area (Å²) in [5.41, 5.74) is 4.14. The van der Waals surface area contributed by atoms with Gasteiger partial charge in [0.05, 0.1) is 0 Å². The molecule has 0 radical (unpaired) electrons. The lowest BCUT2D eigenvalue weighted by molar-refractivity contribution is 0.328. The molecule has 1 unspecified atom stereocenters. The maximum Gasteiger partial charge on any atom is 0.0291 e. The Hall–Kier alpha value is -0.860. The summed E-state index contributed by atoms with van der Waals surface area (Å²) in [4.78, 5) is 2.59. The van der Waals surface area contributed by atoms with Crippen molar-refractivity contribution in [3.8, 4) is 0 Å². The topological polar surface area (TPSA) is 15.3 Å². The van der Waals surface area contributed by atoms with Gasteiger partial charge in [0.1, 0.15) is 0 Å². The van der Waals surface area contributed by atoms with Crippen LogP contribution in [0.3, 0.4) is 0 Å². The van der Waals surface area contributed by atoms with Gasteiger partial charge in [-0.05, 0) is 71.8 Å². The highest BCUT2D eigenvalue weighted by atomic mass is 15.1. The van der Waals surface area contributed by atoms with Gasteiger partial charge in [-0.25, -0.2) is 0 Å². The monoisotopic (exact) mass is 260 g/mol. The highest BCUT2D eigenvalue weighted by Crippen LogP contribution is 2.16. The number of aryl methyl sites for hydroxylation is 2. The number of nitrogens with one attached hydrogen (secondary N) is 1. The molecule has 1 aromatic rings. The minimum absolute atomic E-state index is 0.456. The van der Waals surface area contributed by atoms with E-state index < -0.39 is 0 Å². The first-order valence-corrected chi connectivity index (χ1v) is 7.69. The molecule has 19 heavy (non-hydrogen) atoms. The Balaban J connectivity index is 1.72. The molecule has 1 fully saturated rings. The van der Waals surface area contributed by atoms with Crippen LogP contribution in [0.5, 0.6) is 0 Å². The smallest absolute Gasteiger partial charge is 0.0291 e. The lowest BCUT2D eigenvalue weighted by Gasteiger charge is -2.18. The Morgan fingerprint density at radius 1 is 1.11 bits per heavy atom. The summed E-state index contributed by atoms with van der Waals surface area (Å²) in [7, 11) is 0. The minimum Gasteiger partial charge on any atom is -0.310 e. The molecule has 0 spiro atoms. The van der Waals surface area contributed by atoms with Gasteiger partial charge in [-0.2, -0.15) is 0 Å². The summed E-state index contributed by atoms with van der Waals surface area (Å²) in [5, 5.41) is 3.65. The van der Waals surface area contributed by atoms with Gasteiger partial charge >= 0.3 is 0 Å². The SMILES string of the molecule is Cc1cc(C)cc(C(C)NCCCN2CCCC2)c1. The summed E-state index contributed by atoms with van der Waals surface area (Å²) in [6.45, 7) is 11.6. The molecule has 106 valence electrons. The van der Waals surface area contributed by atoms with Gasteiger partial charge < -0.3 is 10.2 Å². The second-order valence-corrected chi connectivity index (χ2v) is 6.00. The normalized spacial score (nSPS) is 17.8. The van der Waals surface area contributed by atoms with E-state index in [4.69, 9.17) is 0 Å². The highest BCUT2D eigenvalue weighted by molar-refractivity contribution is 5.30. The number of benzene rings is 1. The van der Waals surface area contributed by atoms with Crippen molar-refractivity contribution in [3.63, 3.8) is 0 Å². The maximum atomic E-state index is 3.65. The van der Waals surface area contributed by atoms with Crippen molar-refractivity contribution >= 4 is 0 Å². The molecule has 0 saturated carbocycles. The number of rotatable bonds is 6. The lowest BCUT2D eigenvalue weighted by Crippen LogP contribution is -2.26. The van der Waals surface area contributed by atoms with E-state index in [1.54, 1.807) is 0 Å². The van der Waals surface area contributed by atoms with Crippen molar-refractivity contribution in [2.75, 3.05) is 26.2 Å². The first-order chi connectivity index (χ1) is 9.15. The largest absolute Gasteiger partial charge is 0.310 e. The molecule has 1 heterocycles. The van der Waals surface area contributed by atoms with E-state index in [1.165, 1.54) is 55.6 Å². The van der Waals surface area contributed by atoms with Crippen LogP contribution >= 0.6 is 0 Å². The van der Waals surface area contributed by atoms with Gasteiger partial charge in [0.2, 0.25) is 0 Å². The predicted octanol–water partition coefficient (Wildman–Crippen LogP) is 3.44. The summed E-state index contributed by atoms with van der Waals surface area (Å²) >= 11 is 0. The van der Waals surface area contributed by atoms with Crippen LogP contribution in [-0.4, -0.2) is 31.1 Å². The molecular weight excluding hydrogens is 232 g/mol. The Bertz CT molecular complexity index is 374. The lowest BCUT2D eigenvalue weighted by atomic mass is 10.0. The van der Waals surface area contributed by atoms with Crippen molar-refractivity contribution in [1.29, 1.82) is 0 Å². The zero-order valence-electron chi connectivity index (χ0n) is 12.7. The summed E-state index contributed by atoms with van der Waals surface area (Å²) < 4.78 is 0. The van der Waals surface area contributed by atoms with Gasteiger partial charge in [0, 0.05) is 6.04 Å². The number of nitrogens with zero attached hydrogens (tertiary/aromatic N) is 1. The van der Waals surface area contributed by atoms with Gasteiger partial charge in [-0.3, -0.25) is 0 Å². The van der Waals surface area contributed by atoms with Crippen LogP contribution in [0.25, 0.3) is 0 Å². The van der Waals surface area contributed by atoms with Gasteiger partial charge in [0.15, 0.2) is 0 Å². The highest BCUT2D eigenvalue weighted by Gasteiger charge is 2.11. The number of hydrogen-bond donors (Lipinski definition) is 1. The van der Waals surface area contributed by atoms with Crippen molar-refractivity contribution in [2.45, 2.75) is 46.1 Å². The molecule has 2 heteroatoms.